The van der Waals surface area contributed by atoms with Gasteiger partial charge in [-0.3, -0.25) is 14.6 Å². The number of carbonyl (C=O) groups is 2. The number of nitrogens with zero attached hydrogens (tertiary/aromatic N) is 2. The van der Waals surface area contributed by atoms with E-state index in [1.165, 1.54) is 31.0 Å². The second-order valence-electron chi connectivity index (χ2n) is 10.8. The standard InChI is InChI=1S/C29H42BN3O3/c1-21(2)16-28(30(3)36)33-29(35)24-17-23-14-11-10-13-22(23)12-8-6-4-5-7-9-15-25-19-31-20-26(32-25)27(34)18-24/h10-11,13-14,19-21,24,28,36H,4-9,12,15-18H2,1-3H3,(H,33,35)/t24-,28+/m1/s1. The lowest BCUT2D eigenvalue weighted by Gasteiger charge is -2.25. The molecule has 0 unspecified atom stereocenters. The minimum Gasteiger partial charge on any atom is -0.449 e. The molecule has 194 valence electrons. The van der Waals surface area contributed by atoms with Crippen molar-refractivity contribution >= 4 is 18.6 Å². The normalized spacial score (nSPS) is 18.7. The zero-order chi connectivity index (χ0) is 25.9. The Hall–Kier alpha value is -2.54. The van der Waals surface area contributed by atoms with Crippen LogP contribution in [-0.4, -0.2) is 39.5 Å². The number of aromatic nitrogens is 2. The molecule has 0 saturated carbocycles. The summed E-state index contributed by atoms with van der Waals surface area (Å²) >= 11 is 0. The van der Waals surface area contributed by atoms with E-state index in [9.17, 15) is 14.6 Å². The molecule has 0 fully saturated rings. The summed E-state index contributed by atoms with van der Waals surface area (Å²) in [6.07, 6.45) is 13.2. The van der Waals surface area contributed by atoms with Gasteiger partial charge in [-0.25, -0.2) is 4.98 Å². The predicted molar refractivity (Wildman–Crippen MR) is 145 cm³/mol. The number of aryl methyl sites for hydroxylation is 2. The number of ketones is 1. The number of carbonyl (C=O) groups excluding carboxylic acids is 2. The quantitative estimate of drug-likeness (QED) is 0.573. The summed E-state index contributed by atoms with van der Waals surface area (Å²) in [6, 6.07) is 8.28. The Morgan fingerprint density at radius 1 is 1.03 bits per heavy atom. The van der Waals surface area contributed by atoms with Crippen molar-refractivity contribution in [2.45, 2.75) is 97.2 Å². The van der Waals surface area contributed by atoms with E-state index in [4.69, 9.17) is 0 Å². The average molecular weight is 491 g/mol. The van der Waals surface area contributed by atoms with Crippen LogP contribution in [0, 0.1) is 11.8 Å². The van der Waals surface area contributed by atoms with Gasteiger partial charge in [-0.05, 0) is 55.6 Å². The molecule has 1 aliphatic heterocycles. The Balaban J connectivity index is 1.89. The van der Waals surface area contributed by atoms with Gasteiger partial charge in [0.05, 0.1) is 11.9 Å². The van der Waals surface area contributed by atoms with Crippen molar-refractivity contribution in [3.05, 3.63) is 59.2 Å². The lowest BCUT2D eigenvalue weighted by molar-refractivity contribution is -0.125. The molecule has 0 spiro atoms. The molecule has 2 bridgehead atoms. The number of hydrogen-bond acceptors (Lipinski definition) is 5. The van der Waals surface area contributed by atoms with Crippen LogP contribution < -0.4 is 5.32 Å². The van der Waals surface area contributed by atoms with Crippen molar-refractivity contribution in [3.63, 3.8) is 0 Å². The molecule has 0 radical (unpaired) electrons. The average Bonchev–Trinajstić information content (AvgIpc) is 2.85. The first-order valence-corrected chi connectivity index (χ1v) is 13.7. The fourth-order valence-electron chi connectivity index (χ4n) is 5.03. The number of fused-ring (bicyclic) bond motifs is 3. The third-order valence-electron chi connectivity index (χ3n) is 7.12. The van der Waals surface area contributed by atoms with Crippen LogP contribution in [0.2, 0.25) is 6.82 Å². The van der Waals surface area contributed by atoms with Gasteiger partial charge in [-0.15, -0.1) is 0 Å². The summed E-state index contributed by atoms with van der Waals surface area (Å²) in [5.41, 5.74) is 3.54. The zero-order valence-electron chi connectivity index (χ0n) is 22.2. The number of hydrogen-bond donors (Lipinski definition) is 2. The first kappa shape index (κ1) is 28.0. The van der Waals surface area contributed by atoms with Crippen molar-refractivity contribution in [2.75, 3.05) is 0 Å². The Kier molecular flexibility index (Phi) is 11.1. The summed E-state index contributed by atoms with van der Waals surface area (Å²) < 4.78 is 0. The summed E-state index contributed by atoms with van der Waals surface area (Å²) in [6.45, 7) is 5.18. The van der Waals surface area contributed by atoms with E-state index in [0.29, 0.717) is 24.5 Å². The lowest BCUT2D eigenvalue weighted by Crippen LogP contribution is -2.48. The summed E-state index contributed by atoms with van der Waals surface area (Å²) in [7, 11) is 0. The summed E-state index contributed by atoms with van der Waals surface area (Å²) in [5, 5.41) is 13.4. The molecule has 0 aliphatic carbocycles. The highest BCUT2D eigenvalue weighted by Gasteiger charge is 2.29. The topological polar surface area (TPSA) is 92.2 Å². The fourth-order valence-corrected chi connectivity index (χ4v) is 5.03. The maximum atomic E-state index is 13.5. The highest BCUT2D eigenvalue weighted by atomic mass is 16.2. The molecule has 3 rings (SSSR count). The van der Waals surface area contributed by atoms with E-state index in [1.807, 2.05) is 6.07 Å². The van der Waals surface area contributed by atoms with Gasteiger partial charge in [0.25, 0.3) is 0 Å². The predicted octanol–water partition coefficient (Wildman–Crippen LogP) is 5.03. The number of amides is 1. The van der Waals surface area contributed by atoms with Gasteiger partial charge in [0.2, 0.25) is 5.91 Å². The van der Waals surface area contributed by atoms with Crippen LogP contribution in [0.1, 0.15) is 92.5 Å². The van der Waals surface area contributed by atoms with E-state index >= 15 is 0 Å². The monoisotopic (exact) mass is 491 g/mol. The molecule has 2 heterocycles. The van der Waals surface area contributed by atoms with Crippen LogP contribution in [0.3, 0.4) is 0 Å². The molecular formula is C29H42BN3O3. The molecule has 6 nitrogen and oxygen atoms in total. The van der Waals surface area contributed by atoms with E-state index in [-0.39, 0.29) is 24.1 Å². The Morgan fingerprint density at radius 2 is 1.69 bits per heavy atom. The van der Waals surface area contributed by atoms with E-state index in [0.717, 1.165) is 43.4 Å². The molecule has 1 aromatic carbocycles. The van der Waals surface area contributed by atoms with Crippen LogP contribution in [0.25, 0.3) is 0 Å². The molecule has 2 aromatic rings. The Bertz CT molecular complexity index is 995. The van der Waals surface area contributed by atoms with E-state index in [2.05, 4.69) is 47.3 Å². The molecule has 1 aliphatic rings. The van der Waals surface area contributed by atoms with Crippen LogP contribution in [-0.2, 0) is 24.1 Å². The van der Waals surface area contributed by atoms with E-state index in [1.54, 1.807) is 13.0 Å². The van der Waals surface area contributed by atoms with Crippen LogP contribution in [0.4, 0.5) is 0 Å². The number of benzene rings is 1. The van der Waals surface area contributed by atoms with Gasteiger partial charge in [0, 0.05) is 24.5 Å². The first-order valence-electron chi connectivity index (χ1n) is 13.7. The first-order chi connectivity index (χ1) is 17.3. The Labute approximate surface area is 216 Å². The molecule has 36 heavy (non-hydrogen) atoms. The molecule has 1 amide bonds. The van der Waals surface area contributed by atoms with Gasteiger partial charge in [-0.2, -0.15) is 0 Å². The summed E-state index contributed by atoms with van der Waals surface area (Å²) in [5.74, 6) is -0.926. The summed E-state index contributed by atoms with van der Waals surface area (Å²) in [4.78, 5) is 35.7. The largest absolute Gasteiger partial charge is 0.449 e. The van der Waals surface area contributed by atoms with Crippen molar-refractivity contribution < 1.29 is 14.6 Å². The maximum Gasteiger partial charge on any atom is 0.308 e. The van der Waals surface area contributed by atoms with Gasteiger partial charge in [-0.1, -0.05) is 70.6 Å². The Morgan fingerprint density at radius 3 is 2.39 bits per heavy atom. The number of nitrogens with one attached hydrogen (secondary N) is 1. The smallest absolute Gasteiger partial charge is 0.308 e. The fraction of sp³-hybridized carbons (Fsp3) is 0.586. The van der Waals surface area contributed by atoms with Crippen LogP contribution >= 0.6 is 0 Å². The van der Waals surface area contributed by atoms with E-state index < -0.39 is 12.8 Å². The maximum absolute atomic E-state index is 13.5. The highest BCUT2D eigenvalue weighted by molar-refractivity contribution is 6.51. The van der Waals surface area contributed by atoms with Crippen molar-refractivity contribution in [2.24, 2.45) is 11.8 Å². The molecule has 0 saturated heterocycles. The molecular weight excluding hydrogens is 449 g/mol. The van der Waals surface area contributed by atoms with Gasteiger partial charge >= 0.3 is 6.92 Å². The second-order valence-corrected chi connectivity index (χ2v) is 10.8. The zero-order valence-corrected chi connectivity index (χ0v) is 22.2. The minimum absolute atomic E-state index is 0.0620. The van der Waals surface area contributed by atoms with Crippen LogP contribution in [0.15, 0.2) is 36.7 Å². The minimum atomic E-state index is -0.669. The molecule has 7 heteroatoms. The highest BCUT2D eigenvalue weighted by Crippen LogP contribution is 2.22. The number of rotatable bonds is 5. The third kappa shape index (κ3) is 8.84. The van der Waals surface area contributed by atoms with Gasteiger partial charge in [0.15, 0.2) is 5.78 Å². The molecule has 1 aromatic heterocycles. The van der Waals surface area contributed by atoms with Crippen molar-refractivity contribution in [1.82, 2.24) is 15.3 Å². The van der Waals surface area contributed by atoms with Gasteiger partial charge < -0.3 is 10.3 Å². The van der Waals surface area contributed by atoms with Crippen molar-refractivity contribution in [1.29, 1.82) is 0 Å². The lowest BCUT2D eigenvalue weighted by atomic mass is 9.61. The van der Waals surface area contributed by atoms with Gasteiger partial charge in [0.1, 0.15) is 5.69 Å². The molecule has 2 atom stereocenters. The SMILES string of the molecule is CB(O)[C@H](CC(C)C)NC(=O)[C@H]1CC(=O)c2cncc(n2)CCCCCCCCc2ccccc2C1. The van der Waals surface area contributed by atoms with Crippen molar-refractivity contribution in [3.8, 4) is 0 Å². The second kappa shape index (κ2) is 14.3. The molecule has 2 N–H and O–H groups in total. The van der Waals surface area contributed by atoms with Crippen LogP contribution in [0.5, 0.6) is 0 Å². The third-order valence-corrected chi connectivity index (χ3v) is 7.12. The number of Topliss-reactive ketones (excluding diaryl/α,β-unsaturated/α-hetero) is 1.